The van der Waals surface area contributed by atoms with Crippen LogP contribution in [0, 0.1) is 0 Å². The average Bonchev–Trinajstić information content (AvgIpc) is 2.61. The van der Waals surface area contributed by atoms with Crippen LogP contribution in [0.25, 0.3) is 11.1 Å². The molecule has 0 atom stereocenters. The number of aliphatic imine (C=N–C) groups is 1. The summed E-state index contributed by atoms with van der Waals surface area (Å²) in [5.41, 5.74) is 5.32. The molecule has 116 valence electrons. The predicted octanol–water partition coefficient (Wildman–Crippen LogP) is 5.42. The van der Waals surface area contributed by atoms with Crippen molar-refractivity contribution in [1.82, 2.24) is 0 Å². The maximum Gasteiger partial charge on any atom is 0.0861 e. The Hall–Kier alpha value is -2.87. The van der Waals surface area contributed by atoms with Gasteiger partial charge in [0.15, 0.2) is 0 Å². The van der Waals surface area contributed by atoms with Crippen molar-refractivity contribution in [3.8, 4) is 11.1 Å². The highest BCUT2D eigenvalue weighted by Crippen LogP contribution is 2.33. The van der Waals surface area contributed by atoms with Crippen molar-refractivity contribution in [3.63, 3.8) is 0 Å². The summed E-state index contributed by atoms with van der Waals surface area (Å²) >= 11 is 0. The third-order valence-electron chi connectivity index (χ3n) is 3.68. The van der Waals surface area contributed by atoms with Gasteiger partial charge in [-0.15, -0.1) is 0 Å². The Balaban J connectivity index is 2.33. The number of anilines is 1. The number of hydrogen-bond donors (Lipinski definition) is 0. The molecule has 2 aromatic carbocycles. The van der Waals surface area contributed by atoms with Crippen molar-refractivity contribution < 1.29 is 0 Å². The Bertz CT molecular complexity index is 727. The van der Waals surface area contributed by atoms with E-state index in [4.69, 9.17) is 0 Å². The predicted molar refractivity (Wildman–Crippen MR) is 103 cm³/mol. The monoisotopic (exact) mass is 302 g/mol. The number of allylic oxidation sites excluding steroid dienone is 2. The van der Waals surface area contributed by atoms with Crippen LogP contribution in [-0.4, -0.2) is 20.3 Å². The second-order valence-corrected chi connectivity index (χ2v) is 5.27. The van der Waals surface area contributed by atoms with E-state index >= 15 is 0 Å². The van der Waals surface area contributed by atoms with Gasteiger partial charge in [0.05, 0.1) is 11.4 Å². The van der Waals surface area contributed by atoms with Crippen LogP contribution in [0.2, 0.25) is 0 Å². The summed E-state index contributed by atoms with van der Waals surface area (Å²) in [4.78, 5) is 6.33. The summed E-state index contributed by atoms with van der Waals surface area (Å²) in [6.07, 6.45) is 5.58. The Morgan fingerprint density at radius 1 is 1.09 bits per heavy atom. The van der Waals surface area contributed by atoms with Gasteiger partial charge in [-0.1, -0.05) is 67.8 Å². The molecule has 0 aromatic heterocycles. The maximum atomic E-state index is 4.20. The smallest absolute Gasteiger partial charge is 0.0861 e. The van der Waals surface area contributed by atoms with Gasteiger partial charge in [0.1, 0.15) is 0 Å². The standard InChI is InChI=1S/C21H22N2/c1-5-10-17(6-2)16-23(4)21-14-13-19(15-20(21)22-3)18-11-8-7-9-12-18/h5-15H,1-3,16H2,4H3/b17-10+. The van der Waals surface area contributed by atoms with E-state index in [1.54, 1.807) is 6.08 Å². The molecule has 0 spiro atoms. The molecule has 0 fully saturated rings. The molecule has 0 unspecified atom stereocenters. The van der Waals surface area contributed by atoms with Crippen LogP contribution in [0.15, 0.2) is 90.5 Å². The summed E-state index contributed by atoms with van der Waals surface area (Å²) in [5, 5.41) is 0. The minimum Gasteiger partial charge on any atom is -0.369 e. The summed E-state index contributed by atoms with van der Waals surface area (Å²) in [6.45, 7) is 12.0. The van der Waals surface area contributed by atoms with Crippen LogP contribution < -0.4 is 4.90 Å². The van der Waals surface area contributed by atoms with Crippen molar-refractivity contribution in [2.45, 2.75) is 0 Å². The second kappa shape index (κ2) is 7.95. The van der Waals surface area contributed by atoms with E-state index in [0.29, 0.717) is 0 Å². The second-order valence-electron chi connectivity index (χ2n) is 5.27. The van der Waals surface area contributed by atoms with Crippen LogP contribution in [0.5, 0.6) is 0 Å². The van der Waals surface area contributed by atoms with Crippen molar-refractivity contribution in [3.05, 3.63) is 85.5 Å². The number of benzene rings is 2. The molecular weight excluding hydrogens is 280 g/mol. The van der Waals surface area contributed by atoms with Gasteiger partial charge in [-0.05, 0) is 35.6 Å². The molecule has 0 aliphatic heterocycles. The summed E-state index contributed by atoms with van der Waals surface area (Å²) in [5.74, 6) is 0. The topological polar surface area (TPSA) is 15.6 Å². The minimum atomic E-state index is 0.739. The molecule has 0 aliphatic carbocycles. The first-order valence-electron chi connectivity index (χ1n) is 7.51. The van der Waals surface area contributed by atoms with Crippen LogP contribution in [-0.2, 0) is 0 Å². The third kappa shape index (κ3) is 4.07. The van der Waals surface area contributed by atoms with Gasteiger partial charge < -0.3 is 4.90 Å². The summed E-state index contributed by atoms with van der Waals surface area (Å²) in [6, 6.07) is 16.5. The van der Waals surface area contributed by atoms with Gasteiger partial charge in [-0.25, -0.2) is 0 Å². The fourth-order valence-electron chi connectivity index (χ4n) is 2.48. The Kier molecular flexibility index (Phi) is 5.70. The van der Waals surface area contributed by atoms with Crippen LogP contribution >= 0.6 is 0 Å². The zero-order valence-corrected chi connectivity index (χ0v) is 13.6. The Morgan fingerprint density at radius 2 is 1.83 bits per heavy atom. The lowest BCUT2D eigenvalue weighted by Gasteiger charge is -2.22. The largest absolute Gasteiger partial charge is 0.369 e. The normalized spacial score (nSPS) is 10.9. The lowest BCUT2D eigenvalue weighted by atomic mass is 10.0. The highest BCUT2D eigenvalue weighted by atomic mass is 15.1. The SMILES string of the molecule is C=C/C=C(\C=C)CN(C)c1ccc(-c2ccccc2)cc1N=C. The van der Waals surface area contributed by atoms with Crippen LogP contribution in [0.4, 0.5) is 11.4 Å². The Morgan fingerprint density at radius 3 is 2.43 bits per heavy atom. The Labute approximate surface area is 138 Å². The van der Waals surface area contributed by atoms with Crippen LogP contribution in [0.1, 0.15) is 0 Å². The lowest BCUT2D eigenvalue weighted by molar-refractivity contribution is 1.00. The maximum absolute atomic E-state index is 4.20. The van der Waals surface area contributed by atoms with Crippen molar-refractivity contribution in [2.24, 2.45) is 4.99 Å². The zero-order chi connectivity index (χ0) is 16.7. The molecule has 23 heavy (non-hydrogen) atoms. The van der Waals surface area contributed by atoms with E-state index < -0.39 is 0 Å². The molecule has 0 radical (unpaired) electrons. The quantitative estimate of drug-likeness (QED) is 0.492. The van der Waals surface area contributed by atoms with Gasteiger partial charge in [0, 0.05) is 13.6 Å². The van der Waals surface area contributed by atoms with Crippen molar-refractivity contribution in [2.75, 3.05) is 18.5 Å². The number of rotatable bonds is 7. The van der Waals surface area contributed by atoms with Gasteiger partial charge in [-0.3, -0.25) is 4.99 Å². The molecule has 0 heterocycles. The third-order valence-corrected chi connectivity index (χ3v) is 3.68. The number of hydrogen-bond acceptors (Lipinski definition) is 2. The van der Waals surface area contributed by atoms with E-state index in [9.17, 15) is 0 Å². The average molecular weight is 302 g/mol. The van der Waals surface area contributed by atoms with E-state index in [0.717, 1.165) is 29.1 Å². The number of likely N-dealkylation sites (N-methyl/N-ethyl adjacent to an activating group) is 1. The van der Waals surface area contributed by atoms with E-state index in [-0.39, 0.29) is 0 Å². The fourth-order valence-corrected chi connectivity index (χ4v) is 2.48. The number of nitrogens with zero attached hydrogens (tertiary/aromatic N) is 2. The van der Waals surface area contributed by atoms with Crippen molar-refractivity contribution in [1.29, 1.82) is 0 Å². The van der Waals surface area contributed by atoms with Gasteiger partial charge >= 0.3 is 0 Å². The van der Waals surface area contributed by atoms with Crippen LogP contribution in [0.3, 0.4) is 0 Å². The van der Waals surface area contributed by atoms with E-state index in [1.807, 2.05) is 37.4 Å². The molecule has 2 rings (SSSR count). The lowest BCUT2D eigenvalue weighted by Crippen LogP contribution is -2.19. The molecule has 0 aliphatic rings. The molecule has 2 heteroatoms. The first-order chi connectivity index (χ1) is 11.2. The van der Waals surface area contributed by atoms with E-state index in [2.05, 4.69) is 60.1 Å². The minimum absolute atomic E-state index is 0.739. The zero-order valence-electron chi connectivity index (χ0n) is 13.6. The molecule has 0 saturated carbocycles. The molecule has 0 bridgehead atoms. The molecule has 0 amide bonds. The molecule has 0 saturated heterocycles. The first-order valence-corrected chi connectivity index (χ1v) is 7.51. The van der Waals surface area contributed by atoms with E-state index in [1.165, 1.54) is 5.56 Å². The highest BCUT2D eigenvalue weighted by molar-refractivity contribution is 5.77. The fraction of sp³-hybridized carbons (Fsp3) is 0.0952. The molecule has 2 nitrogen and oxygen atoms in total. The highest BCUT2D eigenvalue weighted by Gasteiger charge is 2.09. The summed E-state index contributed by atoms with van der Waals surface area (Å²) < 4.78 is 0. The van der Waals surface area contributed by atoms with Crippen molar-refractivity contribution >= 4 is 18.1 Å². The van der Waals surface area contributed by atoms with Gasteiger partial charge in [-0.2, -0.15) is 0 Å². The van der Waals surface area contributed by atoms with Gasteiger partial charge in [0.25, 0.3) is 0 Å². The molecule has 2 aromatic rings. The molecular formula is C21H22N2. The molecule has 0 N–H and O–H groups in total. The van der Waals surface area contributed by atoms with Gasteiger partial charge in [0.2, 0.25) is 0 Å². The summed E-state index contributed by atoms with van der Waals surface area (Å²) in [7, 11) is 2.03. The first kappa shape index (κ1) is 16.5.